The highest BCUT2D eigenvalue weighted by atomic mass is 19.1. The van der Waals surface area contributed by atoms with E-state index < -0.39 is 5.97 Å². The first-order chi connectivity index (χ1) is 14.5. The largest absolute Gasteiger partial charge is 0.497 e. The zero-order valence-corrected chi connectivity index (χ0v) is 16.7. The molecule has 7 heteroatoms. The molecule has 0 saturated heterocycles. The molecule has 0 saturated carbocycles. The molecule has 2 aromatic carbocycles. The molecule has 1 aliphatic heterocycles. The van der Waals surface area contributed by atoms with E-state index in [1.165, 1.54) is 31.6 Å². The summed E-state index contributed by atoms with van der Waals surface area (Å²) in [5, 5.41) is 12.6. The normalized spacial score (nSPS) is 15.6. The van der Waals surface area contributed by atoms with E-state index >= 15 is 0 Å². The molecular formula is C23H22FN3O3. The van der Waals surface area contributed by atoms with Crippen molar-refractivity contribution in [1.82, 2.24) is 9.88 Å². The van der Waals surface area contributed by atoms with Gasteiger partial charge in [0.05, 0.1) is 30.6 Å². The standard InChI is InChI=1S/C23H22FN3O3/c1-27-13-15-9-14(17-6-4-16(30-2)10-20(17)24)3-5-18(15)22(27)12-26-21-11-25-8-7-19(21)23(28)29/h3-11,22,26H,12-13H2,1-2H3,(H,28,29). The van der Waals surface area contributed by atoms with Crippen LogP contribution in [-0.4, -0.2) is 41.7 Å². The lowest BCUT2D eigenvalue weighted by molar-refractivity contribution is 0.0697. The number of fused-ring (bicyclic) bond motifs is 1. The molecule has 0 aliphatic carbocycles. The van der Waals surface area contributed by atoms with E-state index in [2.05, 4.69) is 15.2 Å². The molecule has 30 heavy (non-hydrogen) atoms. The van der Waals surface area contributed by atoms with Crippen molar-refractivity contribution < 1.29 is 19.0 Å². The van der Waals surface area contributed by atoms with Gasteiger partial charge in [0.2, 0.25) is 0 Å². The molecular weight excluding hydrogens is 385 g/mol. The summed E-state index contributed by atoms with van der Waals surface area (Å²) in [6, 6.07) is 12.4. The first kappa shape index (κ1) is 19.8. The third kappa shape index (κ3) is 3.71. The monoisotopic (exact) mass is 407 g/mol. The van der Waals surface area contributed by atoms with Crippen LogP contribution in [0.2, 0.25) is 0 Å². The van der Waals surface area contributed by atoms with Crippen LogP contribution in [0.25, 0.3) is 11.1 Å². The SMILES string of the molecule is COc1ccc(-c2ccc3c(c2)CN(C)C3CNc2cnccc2C(=O)O)c(F)c1. The van der Waals surface area contributed by atoms with Crippen LogP contribution in [0.4, 0.5) is 10.1 Å². The Labute approximate surface area is 173 Å². The molecule has 1 atom stereocenters. The van der Waals surface area contributed by atoms with Crippen molar-refractivity contribution in [2.75, 3.05) is 26.0 Å². The number of ether oxygens (including phenoxy) is 1. The van der Waals surface area contributed by atoms with Gasteiger partial charge in [-0.2, -0.15) is 0 Å². The van der Waals surface area contributed by atoms with Crippen molar-refractivity contribution in [3.8, 4) is 16.9 Å². The molecule has 4 rings (SSSR count). The number of methoxy groups -OCH3 is 1. The zero-order chi connectivity index (χ0) is 21.3. The Morgan fingerprint density at radius 1 is 1.30 bits per heavy atom. The van der Waals surface area contributed by atoms with Gasteiger partial charge in [-0.3, -0.25) is 9.88 Å². The summed E-state index contributed by atoms with van der Waals surface area (Å²) in [6.45, 7) is 1.26. The number of likely N-dealkylation sites (N-methyl/N-ethyl adjacent to an activating group) is 1. The number of hydrogen-bond acceptors (Lipinski definition) is 5. The van der Waals surface area contributed by atoms with E-state index in [1.807, 2.05) is 25.2 Å². The summed E-state index contributed by atoms with van der Waals surface area (Å²) in [5.41, 5.74) is 4.30. The van der Waals surface area contributed by atoms with Crippen LogP contribution in [0.3, 0.4) is 0 Å². The number of aromatic nitrogens is 1. The first-order valence-electron chi connectivity index (χ1n) is 9.56. The molecule has 154 valence electrons. The second-order valence-corrected chi connectivity index (χ2v) is 7.30. The Bertz CT molecular complexity index is 1100. The van der Waals surface area contributed by atoms with Crippen molar-refractivity contribution in [2.24, 2.45) is 0 Å². The minimum absolute atomic E-state index is 0.0663. The lowest BCUT2D eigenvalue weighted by Crippen LogP contribution is -2.24. The number of carboxylic acid groups (broad SMARTS) is 1. The second-order valence-electron chi connectivity index (χ2n) is 7.30. The van der Waals surface area contributed by atoms with E-state index in [4.69, 9.17) is 4.74 Å². The van der Waals surface area contributed by atoms with Gasteiger partial charge in [-0.1, -0.05) is 12.1 Å². The number of nitrogens with one attached hydrogen (secondary N) is 1. The van der Waals surface area contributed by atoms with E-state index in [0.717, 1.165) is 23.2 Å². The summed E-state index contributed by atoms with van der Waals surface area (Å²) in [6.07, 6.45) is 2.99. The molecule has 1 aromatic heterocycles. The van der Waals surface area contributed by atoms with E-state index in [1.54, 1.807) is 12.1 Å². The van der Waals surface area contributed by atoms with Crippen LogP contribution in [0.15, 0.2) is 54.9 Å². The molecule has 0 amide bonds. The van der Waals surface area contributed by atoms with Crippen LogP contribution in [0.5, 0.6) is 5.75 Å². The Kier molecular flexibility index (Phi) is 5.37. The number of benzene rings is 2. The number of nitrogens with zero attached hydrogens (tertiary/aromatic N) is 2. The summed E-state index contributed by atoms with van der Waals surface area (Å²) in [5.74, 6) is -0.831. The second kappa shape index (κ2) is 8.12. The molecule has 6 nitrogen and oxygen atoms in total. The summed E-state index contributed by atoms with van der Waals surface area (Å²) in [7, 11) is 3.53. The van der Waals surface area contributed by atoms with Gasteiger partial charge in [-0.15, -0.1) is 0 Å². The lowest BCUT2D eigenvalue weighted by Gasteiger charge is -2.22. The summed E-state index contributed by atoms with van der Waals surface area (Å²) >= 11 is 0. The lowest BCUT2D eigenvalue weighted by atomic mass is 9.97. The van der Waals surface area contributed by atoms with E-state index in [0.29, 0.717) is 23.5 Å². The highest BCUT2D eigenvalue weighted by Gasteiger charge is 2.28. The highest BCUT2D eigenvalue weighted by molar-refractivity contribution is 5.93. The van der Waals surface area contributed by atoms with E-state index in [9.17, 15) is 14.3 Å². The molecule has 0 bridgehead atoms. The molecule has 0 radical (unpaired) electrons. The van der Waals surface area contributed by atoms with Gasteiger partial charge in [0.1, 0.15) is 11.6 Å². The minimum Gasteiger partial charge on any atom is -0.497 e. The highest BCUT2D eigenvalue weighted by Crippen LogP contribution is 2.36. The average molecular weight is 407 g/mol. The summed E-state index contributed by atoms with van der Waals surface area (Å²) < 4.78 is 19.6. The van der Waals surface area contributed by atoms with Gasteiger partial charge >= 0.3 is 5.97 Å². The van der Waals surface area contributed by atoms with Crippen molar-refractivity contribution >= 4 is 11.7 Å². The van der Waals surface area contributed by atoms with Gasteiger partial charge in [-0.25, -0.2) is 9.18 Å². The first-order valence-corrected chi connectivity index (χ1v) is 9.56. The quantitative estimate of drug-likeness (QED) is 0.638. The summed E-state index contributed by atoms with van der Waals surface area (Å²) in [4.78, 5) is 17.6. The van der Waals surface area contributed by atoms with Crippen LogP contribution in [0, 0.1) is 5.82 Å². The maximum atomic E-state index is 14.5. The van der Waals surface area contributed by atoms with Crippen LogP contribution < -0.4 is 10.1 Å². The smallest absolute Gasteiger partial charge is 0.337 e. The fraction of sp³-hybridized carbons (Fsp3) is 0.217. The van der Waals surface area contributed by atoms with Gasteiger partial charge < -0.3 is 15.2 Å². The molecule has 1 unspecified atom stereocenters. The van der Waals surface area contributed by atoms with E-state index in [-0.39, 0.29) is 17.4 Å². The molecule has 2 N–H and O–H groups in total. The fourth-order valence-corrected chi connectivity index (χ4v) is 3.90. The molecule has 2 heterocycles. The zero-order valence-electron chi connectivity index (χ0n) is 16.7. The maximum absolute atomic E-state index is 14.5. The molecule has 1 aliphatic rings. The van der Waals surface area contributed by atoms with Gasteiger partial charge in [0, 0.05) is 30.9 Å². The number of carbonyl (C=O) groups is 1. The number of rotatable bonds is 6. The molecule has 3 aromatic rings. The Balaban J connectivity index is 1.57. The third-order valence-electron chi connectivity index (χ3n) is 5.48. The number of hydrogen-bond donors (Lipinski definition) is 2. The van der Waals surface area contributed by atoms with Gasteiger partial charge in [0.15, 0.2) is 0 Å². The fourth-order valence-electron chi connectivity index (χ4n) is 3.90. The number of anilines is 1. The Morgan fingerprint density at radius 3 is 2.87 bits per heavy atom. The predicted octanol–water partition coefficient (Wildman–Crippen LogP) is 4.19. The topological polar surface area (TPSA) is 74.7 Å². The van der Waals surface area contributed by atoms with Crippen LogP contribution >= 0.6 is 0 Å². The van der Waals surface area contributed by atoms with Crippen molar-refractivity contribution in [1.29, 1.82) is 0 Å². The minimum atomic E-state index is -0.994. The number of halogens is 1. The van der Waals surface area contributed by atoms with Crippen molar-refractivity contribution in [2.45, 2.75) is 12.6 Å². The molecule has 0 fully saturated rings. The average Bonchev–Trinajstić information content (AvgIpc) is 3.06. The predicted molar refractivity (Wildman–Crippen MR) is 112 cm³/mol. The Morgan fingerprint density at radius 2 is 2.13 bits per heavy atom. The number of aromatic carboxylic acids is 1. The molecule has 0 spiro atoms. The maximum Gasteiger partial charge on any atom is 0.337 e. The van der Waals surface area contributed by atoms with Crippen LogP contribution in [0.1, 0.15) is 27.5 Å². The Hall–Kier alpha value is -3.45. The van der Waals surface area contributed by atoms with Gasteiger partial charge in [-0.05, 0) is 48.0 Å². The van der Waals surface area contributed by atoms with Crippen LogP contribution in [-0.2, 0) is 6.54 Å². The van der Waals surface area contributed by atoms with Crippen molar-refractivity contribution in [3.05, 3.63) is 77.4 Å². The third-order valence-corrected chi connectivity index (χ3v) is 5.48. The number of pyridine rings is 1. The van der Waals surface area contributed by atoms with Gasteiger partial charge in [0.25, 0.3) is 0 Å². The number of carboxylic acids is 1. The van der Waals surface area contributed by atoms with Crippen molar-refractivity contribution in [3.63, 3.8) is 0 Å².